The van der Waals surface area contributed by atoms with E-state index in [0.717, 1.165) is 44.6 Å². The fourth-order valence-corrected chi connectivity index (χ4v) is 5.10. The standard InChI is InChI=1S/C24H35F3N2O3/c1-15-8-16(10-18(9-15)24(25,26)27)14-28-22(30)21-12-20(11-17(21)13-23(2,3)31)29-19-4-6-32-7-5-19/h8-10,17,19-21,29,31H,4-7,11-14H2,1-3H3,(H,28,30)/t17?,20?,21-/m1/s1. The van der Waals surface area contributed by atoms with Crippen LogP contribution in [0.3, 0.4) is 0 Å². The molecular formula is C24H35F3N2O3. The number of benzene rings is 1. The van der Waals surface area contributed by atoms with E-state index in [9.17, 15) is 23.1 Å². The first-order chi connectivity index (χ1) is 14.9. The molecule has 1 saturated heterocycles. The average Bonchev–Trinajstić information content (AvgIpc) is 3.06. The van der Waals surface area contributed by atoms with Crippen LogP contribution in [0.15, 0.2) is 18.2 Å². The number of hydrogen-bond acceptors (Lipinski definition) is 4. The molecule has 2 aliphatic rings. The number of aryl methyl sites for hydroxylation is 1. The predicted molar refractivity (Wildman–Crippen MR) is 116 cm³/mol. The number of amides is 1. The molecule has 0 aromatic heterocycles. The molecule has 180 valence electrons. The topological polar surface area (TPSA) is 70.6 Å². The van der Waals surface area contributed by atoms with E-state index in [1.54, 1.807) is 26.8 Å². The van der Waals surface area contributed by atoms with Gasteiger partial charge in [0.2, 0.25) is 5.91 Å². The molecule has 1 saturated carbocycles. The summed E-state index contributed by atoms with van der Waals surface area (Å²) in [4.78, 5) is 13.1. The molecule has 1 aliphatic heterocycles. The molecule has 1 aliphatic carbocycles. The summed E-state index contributed by atoms with van der Waals surface area (Å²) in [5.41, 5.74) is -0.664. The summed E-state index contributed by atoms with van der Waals surface area (Å²) in [5, 5.41) is 16.9. The van der Waals surface area contributed by atoms with Crippen LogP contribution in [0.5, 0.6) is 0 Å². The molecule has 1 aromatic carbocycles. The Kier molecular flexibility index (Phi) is 7.89. The number of ether oxygens (including phenoxy) is 1. The molecule has 2 fully saturated rings. The number of nitrogens with one attached hydrogen (secondary N) is 2. The second-order valence-corrected chi connectivity index (χ2v) is 10.0. The summed E-state index contributed by atoms with van der Waals surface area (Å²) in [5.74, 6) is -0.438. The molecule has 0 spiro atoms. The van der Waals surface area contributed by atoms with Gasteiger partial charge in [-0.15, -0.1) is 0 Å². The van der Waals surface area contributed by atoms with E-state index in [1.807, 2.05) is 0 Å². The first kappa shape index (κ1) is 25.0. The van der Waals surface area contributed by atoms with Crippen LogP contribution in [0.2, 0.25) is 0 Å². The normalized spacial score (nSPS) is 25.2. The van der Waals surface area contributed by atoms with Crippen LogP contribution in [0.4, 0.5) is 13.2 Å². The van der Waals surface area contributed by atoms with Crippen LogP contribution < -0.4 is 10.6 Å². The van der Waals surface area contributed by atoms with Gasteiger partial charge < -0.3 is 20.5 Å². The Balaban J connectivity index is 1.65. The molecule has 0 radical (unpaired) electrons. The molecule has 8 heteroatoms. The van der Waals surface area contributed by atoms with Gasteiger partial charge >= 0.3 is 6.18 Å². The van der Waals surface area contributed by atoms with Crippen molar-refractivity contribution in [3.05, 3.63) is 34.9 Å². The molecule has 32 heavy (non-hydrogen) atoms. The third-order valence-corrected chi connectivity index (χ3v) is 6.42. The van der Waals surface area contributed by atoms with Gasteiger partial charge in [-0.05, 0) is 76.5 Å². The van der Waals surface area contributed by atoms with Crippen molar-refractivity contribution in [2.75, 3.05) is 13.2 Å². The molecule has 3 atom stereocenters. The van der Waals surface area contributed by atoms with Gasteiger partial charge in [0.25, 0.3) is 0 Å². The van der Waals surface area contributed by atoms with Crippen LogP contribution in [-0.4, -0.2) is 41.9 Å². The van der Waals surface area contributed by atoms with Crippen LogP contribution in [0.1, 0.15) is 62.6 Å². The molecule has 5 nitrogen and oxygen atoms in total. The van der Waals surface area contributed by atoms with Gasteiger partial charge in [0.15, 0.2) is 0 Å². The van der Waals surface area contributed by atoms with Crippen molar-refractivity contribution in [1.82, 2.24) is 10.6 Å². The Labute approximate surface area is 188 Å². The number of aliphatic hydroxyl groups is 1. The zero-order chi connectivity index (χ0) is 23.5. The highest BCUT2D eigenvalue weighted by Crippen LogP contribution is 2.38. The van der Waals surface area contributed by atoms with Gasteiger partial charge in [0, 0.05) is 37.8 Å². The minimum atomic E-state index is -4.42. The average molecular weight is 457 g/mol. The number of halogens is 3. The lowest BCUT2D eigenvalue weighted by atomic mass is 9.85. The van der Waals surface area contributed by atoms with Crippen molar-refractivity contribution >= 4 is 5.91 Å². The smallest absolute Gasteiger partial charge is 0.390 e. The van der Waals surface area contributed by atoms with E-state index in [-0.39, 0.29) is 30.3 Å². The molecule has 1 aromatic rings. The molecule has 3 N–H and O–H groups in total. The predicted octanol–water partition coefficient (Wildman–Crippen LogP) is 3.95. The van der Waals surface area contributed by atoms with E-state index in [0.29, 0.717) is 30.0 Å². The van der Waals surface area contributed by atoms with Gasteiger partial charge in [-0.2, -0.15) is 13.2 Å². The fraction of sp³-hybridized carbons (Fsp3) is 0.708. The largest absolute Gasteiger partial charge is 0.416 e. The number of alkyl halides is 3. The summed E-state index contributed by atoms with van der Waals surface area (Å²) in [7, 11) is 0. The maximum atomic E-state index is 13.1. The highest BCUT2D eigenvalue weighted by atomic mass is 19.4. The fourth-order valence-electron chi connectivity index (χ4n) is 5.10. The molecular weight excluding hydrogens is 421 g/mol. The summed E-state index contributed by atoms with van der Waals surface area (Å²) >= 11 is 0. The Morgan fingerprint density at radius 2 is 1.81 bits per heavy atom. The van der Waals surface area contributed by atoms with Crippen LogP contribution in [-0.2, 0) is 22.3 Å². The first-order valence-corrected chi connectivity index (χ1v) is 11.4. The molecule has 3 rings (SSSR count). The number of carbonyl (C=O) groups excluding carboxylic acids is 1. The summed E-state index contributed by atoms with van der Waals surface area (Å²) in [6.07, 6.45) is -0.582. The van der Waals surface area contributed by atoms with Crippen molar-refractivity contribution < 1.29 is 27.8 Å². The van der Waals surface area contributed by atoms with Crippen molar-refractivity contribution in [2.24, 2.45) is 11.8 Å². The van der Waals surface area contributed by atoms with E-state index in [4.69, 9.17) is 4.74 Å². The quantitative estimate of drug-likeness (QED) is 0.581. The first-order valence-electron chi connectivity index (χ1n) is 11.4. The number of carbonyl (C=O) groups is 1. The highest BCUT2D eigenvalue weighted by molar-refractivity contribution is 5.79. The molecule has 0 bridgehead atoms. The Bertz CT molecular complexity index is 786. The van der Waals surface area contributed by atoms with E-state index < -0.39 is 17.3 Å². The Hall–Kier alpha value is -1.64. The van der Waals surface area contributed by atoms with Crippen molar-refractivity contribution in [1.29, 1.82) is 0 Å². The van der Waals surface area contributed by atoms with Gasteiger partial charge in [-0.3, -0.25) is 4.79 Å². The van der Waals surface area contributed by atoms with E-state index >= 15 is 0 Å². The monoisotopic (exact) mass is 456 g/mol. The lowest BCUT2D eigenvalue weighted by molar-refractivity contribution is -0.137. The maximum absolute atomic E-state index is 13.1. The number of hydrogen-bond donors (Lipinski definition) is 3. The van der Waals surface area contributed by atoms with Gasteiger partial charge in [-0.25, -0.2) is 0 Å². The Morgan fingerprint density at radius 3 is 2.44 bits per heavy atom. The zero-order valence-corrected chi connectivity index (χ0v) is 19.1. The van der Waals surface area contributed by atoms with E-state index in [1.165, 1.54) is 0 Å². The third-order valence-electron chi connectivity index (χ3n) is 6.42. The minimum Gasteiger partial charge on any atom is -0.390 e. The second kappa shape index (κ2) is 10.1. The van der Waals surface area contributed by atoms with Crippen molar-refractivity contribution in [2.45, 2.75) is 83.3 Å². The summed E-state index contributed by atoms with van der Waals surface area (Å²) < 4.78 is 44.7. The summed E-state index contributed by atoms with van der Waals surface area (Å²) in [6, 6.07) is 4.40. The molecule has 1 heterocycles. The third kappa shape index (κ3) is 7.18. The SMILES string of the molecule is Cc1cc(CNC(=O)[C@@H]2CC(NC3CCOCC3)CC2CC(C)(C)O)cc(C(F)(F)F)c1. The highest BCUT2D eigenvalue weighted by Gasteiger charge is 2.41. The van der Waals surface area contributed by atoms with Crippen LogP contribution in [0.25, 0.3) is 0 Å². The van der Waals surface area contributed by atoms with Crippen molar-refractivity contribution in [3.63, 3.8) is 0 Å². The second-order valence-electron chi connectivity index (χ2n) is 10.0. The van der Waals surface area contributed by atoms with Crippen LogP contribution >= 0.6 is 0 Å². The van der Waals surface area contributed by atoms with E-state index in [2.05, 4.69) is 10.6 Å². The van der Waals surface area contributed by atoms with Gasteiger partial charge in [-0.1, -0.05) is 11.6 Å². The lowest BCUT2D eigenvalue weighted by Crippen LogP contribution is -2.41. The molecule has 1 amide bonds. The minimum absolute atomic E-state index is 0.00980. The molecule has 2 unspecified atom stereocenters. The van der Waals surface area contributed by atoms with Crippen molar-refractivity contribution in [3.8, 4) is 0 Å². The van der Waals surface area contributed by atoms with Gasteiger partial charge in [0.05, 0.1) is 11.2 Å². The summed E-state index contributed by atoms with van der Waals surface area (Å²) in [6.45, 7) is 6.62. The number of rotatable bonds is 7. The lowest BCUT2D eigenvalue weighted by Gasteiger charge is -2.27. The Morgan fingerprint density at radius 1 is 1.12 bits per heavy atom. The van der Waals surface area contributed by atoms with Gasteiger partial charge in [0.1, 0.15) is 0 Å². The maximum Gasteiger partial charge on any atom is 0.416 e. The van der Waals surface area contributed by atoms with Crippen LogP contribution in [0, 0.1) is 18.8 Å². The zero-order valence-electron chi connectivity index (χ0n) is 19.1.